The van der Waals surface area contributed by atoms with E-state index in [0.717, 1.165) is 6.07 Å². The molecule has 0 radical (unpaired) electrons. The summed E-state index contributed by atoms with van der Waals surface area (Å²) >= 11 is 0. The molecule has 2 aromatic rings. The van der Waals surface area contributed by atoms with Gasteiger partial charge in [-0.05, 0) is 24.1 Å². The molecule has 162 valence electrons. The average molecular weight is 428 g/mol. The van der Waals surface area contributed by atoms with Crippen molar-refractivity contribution in [3.8, 4) is 0 Å². The van der Waals surface area contributed by atoms with Gasteiger partial charge >= 0.3 is 5.97 Å². The molecule has 0 aromatic heterocycles. The van der Waals surface area contributed by atoms with Gasteiger partial charge in [0.05, 0.1) is 11.3 Å². The Labute approximate surface area is 178 Å². The molecule has 2 aliphatic rings. The minimum Gasteiger partial charge on any atom is -0.458 e. The number of hydrogen-bond donors (Lipinski definition) is 0. The molecule has 0 N–H and O–H groups in total. The number of carbonyl (C=O) groups excluding carboxylic acids is 3. The van der Waals surface area contributed by atoms with Gasteiger partial charge in [-0.15, -0.1) is 0 Å². The topological polar surface area (TPSA) is 66.9 Å². The zero-order chi connectivity index (χ0) is 22.3. The second kappa shape index (κ2) is 7.76. The molecule has 31 heavy (non-hydrogen) atoms. The molecule has 0 aliphatic carbocycles. The summed E-state index contributed by atoms with van der Waals surface area (Å²) in [5.74, 6) is -3.65. The standard InChI is InChI=1S/C23H22F2N2O4/c1-14(2)12-26-21(29)16-7-3-4-9-18(16)27-19(28)10-11-23(26,27)22(30)31-13-15-6-5-8-17(24)20(15)25/h3-9,14H,10-13H2,1-2H3/t23-/m0/s1. The number of halogens is 2. The van der Waals surface area contributed by atoms with Crippen LogP contribution in [0.3, 0.4) is 0 Å². The largest absolute Gasteiger partial charge is 0.458 e. The molecular formula is C23H22F2N2O4. The number of carbonyl (C=O) groups is 3. The molecule has 1 saturated heterocycles. The third kappa shape index (κ3) is 3.26. The van der Waals surface area contributed by atoms with E-state index in [1.807, 2.05) is 13.8 Å². The van der Waals surface area contributed by atoms with Crippen molar-refractivity contribution in [2.45, 2.75) is 39.0 Å². The molecule has 0 spiro atoms. The van der Waals surface area contributed by atoms with Gasteiger partial charge in [-0.2, -0.15) is 0 Å². The van der Waals surface area contributed by atoms with Gasteiger partial charge in [0.1, 0.15) is 6.61 Å². The Kier molecular flexibility index (Phi) is 5.24. The number of nitrogens with zero attached hydrogens (tertiary/aromatic N) is 2. The first-order valence-corrected chi connectivity index (χ1v) is 10.1. The van der Waals surface area contributed by atoms with Crippen LogP contribution in [0, 0.1) is 17.6 Å². The molecule has 2 aliphatic heterocycles. The highest BCUT2D eigenvalue weighted by Crippen LogP contribution is 2.45. The van der Waals surface area contributed by atoms with Gasteiger partial charge in [-0.25, -0.2) is 13.6 Å². The lowest BCUT2D eigenvalue weighted by Gasteiger charge is -2.48. The molecule has 4 rings (SSSR count). The Bertz CT molecular complexity index is 1070. The summed E-state index contributed by atoms with van der Waals surface area (Å²) in [7, 11) is 0. The summed E-state index contributed by atoms with van der Waals surface area (Å²) in [5.41, 5.74) is -1.10. The first kappa shape index (κ1) is 21.0. The number of benzene rings is 2. The Morgan fingerprint density at radius 2 is 1.87 bits per heavy atom. The second-order valence-corrected chi connectivity index (χ2v) is 8.16. The lowest BCUT2D eigenvalue weighted by atomic mass is 9.95. The summed E-state index contributed by atoms with van der Waals surface area (Å²) < 4.78 is 33.0. The molecule has 2 heterocycles. The maximum Gasteiger partial charge on any atom is 0.354 e. The van der Waals surface area contributed by atoms with Gasteiger partial charge < -0.3 is 9.64 Å². The molecule has 1 atom stereocenters. The van der Waals surface area contributed by atoms with Crippen molar-refractivity contribution in [2.75, 3.05) is 11.4 Å². The van der Waals surface area contributed by atoms with E-state index >= 15 is 0 Å². The van der Waals surface area contributed by atoms with Crippen LogP contribution in [0.4, 0.5) is 14.5 Å². The predicted octanol–water partition coefficient (Wildman–Crippen LogP) is 3.64. The van der Waals surface area contributed by atoms with Crippen molar-refractivity contribution in [3.63, 3.8) is 0 Å². The molecule has 0 bridgehead atoms. The number of ether oxygens (including phenoxy) is 1. The summed E-state index contributed by atoms with van der Waals surface area (Å²) in [5, 5.41) is 0. The first-order chi connectivity index (χ1) is 14.8. The average Bonchev–Trinajstić information content (AvgIpc) is 3.10. The molecule has 8 heteroatoms. The van der Waals surface area contributed by atoms with Crippen molar-refractivity contribution in [1.82, 2.24) is 4.90 Å². The zero-order valence-electron chi connectivity index (χ0n) is 17.2. The maximum absolute atomic E-state index is 14.0. The minimum atomic E-state index is -1.66. The quantitative estimate of drug-likeness (QED) is 0.682. The fraction of sp³-hybridized carbons (Fsp3) is 0.348. The fourth-order valence-electron chi connectivity index (χ4n) is 4.28. The van der Waals surface area contributed by atoms with Gasteiger partial charge in [0.2, 0.25) is 11.6 Å². The Morgan fingerprint density at radius 1 is 1.13 bits per heavy atom. The van der Waals surface area contributed by atoms with Crippen LogP contribution in [-0.4, -0.2) is 34.9 Å². The molecule has 0 unspecified atom stereocenters. The maximum atomic E-state index is 14.0. The SMILES string of the molecule is CC(C)CN1C(=O)c2ccccc2N2C(=O)CC[C@]12C(=O)OCc1cccc(F)c1F. The monoisotopic (exact) mass is 428 g/mol. The van der Waals surface area contributed by atoms with Crippen molar-refractivity contribution >= 4 is 23.5 Å². The number of fused-ring (bicyclic) bond motifs is 3. The third-order valence-corrected chi connectivity index (χ3v) is 5.64. The van der Waals surface area contributed by atoms with E-state index in [0.29, 0.717) is 11.3 Å². The van der Waals surface area contributed by atoms with Crippen molar-refractivity contribution in [2.24, 2.45) is 5.92 Å². The Balaban J connectivity index is 1.76. The lowest BCUT2D eigenvalue weighted by molar-refractivity contribution is -0.159. The number of rotatable bonds is 5. The molecular weight excluding hydrogens is 406 g/mol. The number of hydrogen-bond acceptors (Lipinski definition) is 4. The van der Waals surface area contributed by atoms with Crippen LogP contribution >= 0.6 is 0 Å². The highest BCUT2D eigenvalue weighted by atomic mass is 19.2. The fourth-order valence-corrected chi connectivity index (χ4v) is 4.28. The summed E-state index contributed by atoms with van der Waals surface area (Å²) in [6.45, 7) is 3.50. The second-order valence-electron chi connectivity index (χ2n) is 8.16. The highest BCUT2D eigenvalue weighted by molar-refractivity contribution is 6.15. The van der Waals surface area contributed by atoms with Crippen molar-refractivity contribution < 1.29 is 27.9 Å². The van der Waals surface area contributed by atoms with Gasteiger partial charge in [-0.3, -0.25) is 14.5 Å². The van der Waals surface area contributed by atoms with E-state index in [-0.39, 0.29) is 42.7 Å². The number of esters is 1. The Morgan fingerprint density at radius 3 is 2.61 bits per heavy atom. The van der Waals surface area contributed by atoms with Gasteiger partial charge in [0, 0.05) is 24.9 Å². The van der Waals surface area contributed by atoms with E-state index in [2.05, 4.69) is 0 Å². The van der Waals surface area contributed by atoms with Crippen LogP contribution in [-0.2, 0) is 20.9 Å². The minimum absolute atomic E-state index is 0.0112. The van der Waals surface area contributed by atoms with Gasteiger partial charge in [0.15, 0.2) is 11.6 Å². The molecule has 2 aromatic carbocycles. The van der Waals surface area contributed by atoms with Gasteiger partial charge in [0.25, 0.3) is 5.91 Å². The lowest BCUT2D eigenvalue weighted by Crippen LogP contribution is -2.69. The van der Waals surface area contributed by atoms with E-state index < -0.39 is 29.9 Å². The number of amides is 2. The highest BCUT2D eigenvalue weighted by Gasteiger charge is 2.61. The van der Waals surface area contributed by atoms with Crippen LogP contribution in [0.2, 0.25) is 0 Å². The van der Waals surface area contributed by atoms with Crippen LogP contribution in [0.15, 0.2) is 42.5 Å². The normalized spacial score (nSPS) is 20.2. The molecule has 0 saturated carbocycles. The number of anilines is 1. The predicted molar refractivity (Wildman–Crippen MR) is 108 cm³/mol. The number of para-hydroxylation sites is 1. The molecule has 2 amide bonds. The van der Waals surface area contributed by atoms with Crippen molar-refractivity contribution in [3.05, 3.63) is 65.2 Å². The van der Waals surface area contributed by atoms with E-state index in [1.165, 1.54) is 21.9 Å². The summed E-state index contributed by atoms with van der Waals surface area (Å²) in [4.78, 5) is 42.4. The third-order valence-electron chi connectivity index (χ3n) is 5.64. The van der Waals surface area contributed by atoms with Crippen LogP contribution < -0.4 is 4.90 Å². The van der Waals surface area contributed by atoms with Crippen LogP contribution in [0.25, 0.3) is 0 Å². The molecule has 1 fully saturated rings. The van der Waals surface area contributed by atoms with E-state index in [9.17, 15) is 23.2 Å². The van der Waals surface area contributed by atoms with Crippen LogP contribution in [0.1, 0.15) is 42.6 Å². The summed E-state index contributed by atoms with van der Waals surface area (Å²) in [6.07, 6.45) is 0.114. The zero-order valence-corrected chi connectivity index (χ0v) is 17.2. The van der Waals surface area contributed by atoms with E-state index in [4.69, 9.17) is 4.74 Å². The van der Waals surface area contributed by atoms with Crippen molar-refractivity contribution in [1.29, 1.82) is 0 Å². The van der Waals surface area contributed by atoms with E-state index in [1.54, 1.807) is 24.3 Å². The molecule has 6 nitrogen and oxygen atoms in total. The summed E-state index contributed by atoms with van der Waals surface area (Å²) in [6, 6.07) is 10.2. The van der Waals surface area contributed by atoms with Gasteiger partial charge in [-0.1, -0.05) is 38.1 Å². The van der Waals surface area contributed by atoms with Crippen LogP contribution in [0.5, 0.6) is 0 Å². The first-order valence-electron chi connectivity index (χ1n) is 10.1. The Hall–Kier alpha value is -3.29. The smallest absolute Gasteiger partial charge is 0.354 e.